The average molecular weight is 381 g/mol. The molecule has 1 amide bonds. The van der Waals surface area contributed by atoms with Crippen LogP contribution in [0.1, 0.15) is 12.5 Å². The molecule has 0 aliphatic carbocycles. The largest absolute Gasteiger partial charge is 0.493 e. The normalized spacial score (nSPS) is 14.7. The Bertz CT molecular complexity index is 855. The van der Waals surface area contributed by atoms with Crippen molar-refractivity contribution in [1.82, 2.24) is 0 Å². The molecule has 0 unspecified atom stereocenters. The van der Waals surface area contributed by atoms with Crippen LogP contribution in [0.5, 0.6) is 11.5 Å². The molecule has 2 aromatic carbocycles. The molecule has 146 valence electrons. The molecule has 28 heavy (non-hydrogen) atoms. The van der Waals surface area contributed by atoms with Crippen LogP contribution in [-0.4, -0.2) is 45.4 Å². The molecule has 1 aliphatic heterocycles. The van der Waals surface area contributed by atoms with Crippen LogP contribution in [0.15, 0.2) is 42.5 Å². The standard InChI is InChI=1S/C21H23N3O4/c1-15(28-19-8-3-16(14-22)13-20(19)26-2)21(25)23-17-4-6-18(7-5-17)24-9-11-27-12-10-24/h3-8,13,15H,9-12H2,1-2H3,(H,23,25)/t15-/m1/s1. The van der Waals surface area contributed by atoms with E-state index in [1.807, 2.05) is 30.3 Å². The summed E-state index contributed by atoms with van der Waals surface area (Å²) in [4.78, 5) is 14.7. The van der Waals surface area contributed by atoms with Gasteiger partial charge in [0, 0.05) is 30.5 Å². The van der Waals surface area contributed by atoms with Gasteiger partial charge in [0.05, 0.1) is 32.0 Å². The van der Waals surface area contributed by atoms with E-state index < -0.39 is 6.10 Å². The zero-order valence-corrected chi connectivity index (χ0v) is 16.0. The summed E-state index contributed by atoms with van der Waals surface area (Å²) in [6, 6.07) is 14.6. The molecule has 1 aliphatic rings. The molecular formula is C21H23N3O4. The Labute approximate surface area is 164 Å². The van der Waals surface area contributed by atoms with E-state index in [4.69, 9.17) is 19.5 Å². The lowest BCUT2D eigenvalue weighted by Crippen LogP contribution is -2.36. The molecule has 3 rings (SSSR count). The van der Waals surface area contributed by atoms with E-state index in [0.717, 1.165) is 32.0 Å². The molecular weight excluding hydrogens is 358 g/mol. The Kier molecular flexibility index (Phi) is 6.35. The fourth-order valence-corrected chi connectivity index (χ4v) is 2.90. The minimum absolute atomic E-state index is 0.273. The number of nitrogens with one attached hydrogen (secondary N) is 1. The number of hydrogen-bond acceptors (Lipinski definition) is 6. The number of carbonyl (C=O) groups is 1. The summed E-state index contributed by atoms with van der Waals surface area (Å²) in [6.45, 7) is 4.85. The smallest absolute Gasteiger partial charge is 0.265 e. The SMILES string of the molecule is COc1cc(C#N)ccc1O[C@H](C)C(=O)Nc1ccc(N2CCOCC2)cc1. The molecule has 0 saturated carbocycles. The fraction of sp³-hybridized carbons (Fsp3) is 0.333. The van der Waals surface area contributed by atoms with Crippen LogP contribution in [0.3, 0.4) is 0 Å². The van der Waals surface area contributed by atoms with Crippen LogP contribution in [0.25, 0.3) is 0 Å². The van der Waals surface area contributed by atoms with E-state index >= 15 is 0 Å². The van der Waals surface area contributed by atoms with E-state index in [-0.39, 0.29) is 5.91 Å². The molecule has 0 bridgehead atoms. The van der Waals surface area contributed by atoms with E-state index in [9.17, 15) is 4.79 Å². The van der Waals surface area contributed by atoms with Gasteiger partial charge in [-0.05, 0) is 43.3 Å². The van der Waals surface area contributed by atoms with Crippen molar-refractivity contribution >= 4 is 17.3 Å². The summed E-state index contributed by atoms with van der Waals surface area (Å²) in [5.74, 6) is 0.547. The number of carbonyl (C=O) groups excluding carboxylic acids is 1. The Hall–Kier alpha value is -3.24. The maximum Gasteiger partial charge on any atom is 0.265 e. The number of hydrogen-bond donors (Lipinski definition) is 1. The summed E-state index contributed by atoms with van der Waals surface area (Å²) in [6.07, 6.45) is -0.735. The lowest BCUT2D eigenvalue weighted by Gasteiger charge is -2.29. The van der Waals surface area contributed by atoms with Crippen molar-refractivity contribution in [1.29, 1.82) is 5.26 Å². The van der Waals surface area contributed by atoms with Crippen LogP contribution < -0.4 is 19.7 Å². The molecule has 1 N–H and O–H groups in total. The highest BCUT2D eigenvalue weighted by Crippen LogP contribution is 2.29. The summed E-state index contributed by atoms with van der Waals surface area (Å²) in [7, 11) is 1.49. The maximum atomic E-state index is 12.5. The van der Waals surface area contributed by atoms with Crippen LogP contribution in [0.4, 0.5) is 11.4 Å². The number of anilines is 2. The van der Waals surface area contributed by atoms with Crippen molar-refractivity contribution in [2.75, 3.05) is 43.6 Å². The van der Waals surface area contributed by atoms with Crippen molar-refractivity contribution < 1.29 is 19.0 Å². The van der Waals surface area contributed by atoms with Gasteiger partial charge in [0.25, 0.3) is 5.91 Å². The Balaban J connectivity index is 1.60. The Morgan fingerprint density at radius 1 is 1.18 bits per heavy atom. The van der Waals surface area contributed by atoms with Gasteiger partial charge in [-0.3, -0.25) is 4.79 Å². The lowest BCUT2D eigenvalue weighted by atomic mass is 10.2. The Morgan fingerprint density at radius 3 is 2.54 bits per heavy atom. The van der Waals surface area contributed by atoms with E-state index in [1.165, 1.54) is 7.11 Å². The van der Waals surface area contributed by atoms with Gasteiger partial charge in [0.2, 0.25) is 0 Å². The number of methoxy groups -OCH3 is 1. The highest BCUT2D eigenvalue weighted by molar-refractivity contribution is 5.94. The molecule has 1 saturated heterocycles. The van der Waals surface area contributed by atoms with Crippen molar-refractivity contribution in [2.24, 2.45) is 0 Å². The number of ether oxygens (including phenoxy) is 3. The number of morpholine rings is 1. The van der Waals surface area contributed by atoms with Crippen LogP contribution in [0.2, 0.25) is 0 Å². The molecule has 7 nitrogen and oxygen atoms in total. The summed E-state index contributed by atoms with van der Waals surface area (Å²) in [5, 5.41) is 11.8. The number of nitrogens with zero attached hydrogens (tertiary/aromatic N) is 2. The summed E-state index contributed by atoms with van der Waals surface area (Å²) >= 11 is 0. The highest BCUT2D eigenvalue weighted by atomic mass is 16.5. The fourth-order valence-electron chi connectivity index (χ4n) is 2.90. The first-order valence-corrected chi connectivity index (χ1v) is 9.09. The monoisotopic (exact) mass is 381 g/mol. The van der Waals surface area contributed by atoms with Gasteiger partial charge >= 0.3 is 0 Å². The van der Waals surface area contributed by atoms with E-state index in [0.29, 0.717) is 22.7 Å². The van der Waals surface area contributed by atoms with Crippen molar-refractivity contribution in [3.8, 4) is 17.6 Å². The first-order valence-electron chi connectivity index (χ1n) is 9.09. The Morgan fingerprint density at radius 2 is 1.89 bits per heavy atom. The van der Waals surface area contributed by atoms with Crippen molar-refractivity contribution in [2.45, 2.75) is 13.0 Å². The average Bonchev–Trinajstić information content (AvgIpc) is 2.75. The predicted octanol–water partition coefficient (Wildman–Crippen LogP) is 2.81. The van der Waals surface area contributed by atoms with E-state index in [1.54, 1.807) is 25.1 Å². The number of rotatable bonds is 6. The molecule has 7 heteroatoms. The third kappa shape index (κ3) is 4.72. The topological polar surface area (TPSA) is 83.8 Å². The third-order valence-electron chi connectivity index (χ3n) is 4.48. The lowest BCUT2D eigenvalue weighted by molar-refractivity contribution is -0.122. The summed E-state index contributed by atoms with van der Waals surface area (Å²) < 4.78 is 16.3. The molecule has 1 fully saturated rings. The van der Waals surface area contributed by atoms with Gasteiger partial charge in [-0.1, -0.05) is 0 Å². The molecule has 0 radical (unpaired) electrons. The van der Waals surface area contributed by atoms with Crippen LogP contribution in [0, 0.1) is 11.3 Å². The van der Waals surface area contributed by atoms with Gasteiger partial charge in [0.1, 0.15) is 0 Å². The van der Waals surface area contributed by atoms with Crippen molar-refractivity contribution in [3.05, 3.63) is 48.0 Å². The van der Waals surface area contributed by atoms with Gasteiger partial charge < -0.3 is 24.4 Å². The number of amides is 1. The minimum Gasteiger partial charge on any atom is -0.493 e. The van der Waals surface area contributed by atoms with Crippen LogP contribution >= 0.6 is 0 Å². The van der Waals surface area contributed by atoms with Gasteiger partial charge in [-0.25, -0.2) is 0 Å². The predicted molar refractivity (Wildman–Crippen MR) is 106 cm³/mol. The molecule has 1 atom stereocenters. The molecule has 2 aromatic rings. The second-order valence-electron chi connectivity index (χ2n) is 6.37. The second kappa shape index (κ2) is 9.11. The first kappa shape index (κ1) is 19.5. The first-order chi connectivity index (χ1) is 13.6. The second-order valence-corrected chi connectivity index (χ2v) is 6.37. The third-order valence-corrected chi connectivity index (χ3v) is 4.48. The molecule has 0 spiro atoms. The zero-order chi connectivity index (χ0) is 19.9. The maximum absolute atomic E-state index is 12.5. The van der Waals surface area contributed by atoms with Crippen molar-refractivity contribution in [3.63, 3.8) is 0 Å². The zero-order valence-electron chi connectivity index (χ0n) is 16.0. The van der Waals surface area contributed by atoms with Gasteiger partial charge in [-0.15, -0.1) is 0 Å². The minimum atomic E-state index is -0.735. The quantitative estimate of drug-likeness (QED) is 0.828. The number of benzene rings is 2. The molecule has 1 heterocycles. The highest BCUT2D eigenvalue weighted by Gasteiger charge is 2.18. The number of nitriles is 1. The van der Waals surface area contributed by atoms with E-state index in [2.05, 4.69) is 10.2 Å². The van der Waals surface area contributed by atoms with Gasteiger partial charge in [0.15, 0.2) is 17.6 Å². The van der Waals surface area contributed by atoms with Gasteiger partial charge in [-0.2, -0.15) is 5.26 Å². The molecule has 0 aromatic heterocycles. The van der Waals surface area contributed by atoms with Crippen LogP contribution in [-0.2, 0) is 9.53 Å². The summed E-state index contributed by atoms with van der Waals surface area (Å²) in [5.41, 5.74) is 2.26.